The molecule has 1 amide bonds. The van der Waals surface area contributed by atoms with Crippen molar-refractivity contribution in [3.63, 3.8) is 0 Å². The largest absolute Gasteiger partial charge is 0.493 e. The molecule has 2 fully saturated rings. The van der Waals surface area contributed by atoms with Gasteiger partial charge in [-0.15, -0.1) is 0 Å². The molecule has 5 rings (SSSR count). The lowest BCUT2D eigenvalue weighted by atomic mass is 10.0. The van der Waals surface area contributed by atoms with Crippen LogP contribution in [0.4, 0.5) is 5.69 Å². The standard InChI is InChI=1S/C30H35N3O4S/c1-33(38(2,35)36)25-16-23(17-26(19-25)37-20-24-18-27(24)22-11-7-4-8-12-22)30(34)32-28-13-14-31-29(28)15-21-9-5-3-6-10-21/h3-12,16-17,19,24,27-29,31H,13-15,18,20H2,1-2H3,(H,32,34)/t24?,27?,28-,29+/m1/s1. The van der Waals surface area contributed by atoms with Crippen LogP contribution in [-0.2, 0) is 16.4 Å². The molecular formula is C30H35N3O4S. The maximum Gasteiger partial charge on any atom is 0.251 e. The fourth-order valence-corrected chi connectivity index (χ4v) is 5.68. The van der Waals surface area contributed by atoms with E-state index in [-0.39, 0.29) is 18.0 Å². The van der Waals surface area contributed by atoms with Crippen molar-refractivity contribution in [3.05, 3.63) is 95.6 Å². The molecule has 7 nitrogen and oxygen atoms in total. The Hall–Kier alpha value is -3.36. The first kappa shape index (κ1) is 26.3. The minimum Gasteiger partial charge on any atom is -0.493 e. The van der Waals surface area contributed by atoms with Crippen LogP contribution in [0.1, 0.15) is 40.2 Å². The molecule has 1 saturated carbocycles. The highest BCUT2D eigenvalue weighted by atomic mass is 32.2. The number of benzene rings is 3. The molecule has 1 aliphatic carbocycles. The number of nitrogens with one attached hydrogen (secondary N) is 2. The Labute approximate surface area is 225 Å². The zero-order valence-corrected chi connectivity index (χ0v) is 22.7. The van der Waals surface area contributed by atoms with Gasteiger partial charge in [0.05, 0.1) is 18.6 Å². The molecule has 0 aromatic heterocycles. The van der Waals surface area contributed by atoms with Gasteiger partial charge in [0.15, 0.2) is 0 Å². The Morgan fingerprint density at radius 3 is 2.47 bits per heavy atom. The Morgan fingerprint density at radius 1 is 1.05 bits per heavy atom. The lowest BCUT2D eigenvalue weighted by molar-refractivity contribution is 0.0933. The van der Waals surface area contributed by atoms with Crippen molar-refractivity contribution in [1.29, 1.82) is 0 Å². The highest BCUT2D eigenvalue weighted by Gasteiger charge is 2.38. The van der Waals surface area contributed by atoms with Crippen LogP contribution in [0.15, 0.2) is 78.9 Å². The van der Waals surface area contributed by atoms with Crippen LogP contribution in [0, 0.1) is 5.92 Å². The molecule has 2 N–H and O–H groups in total. The summed E-state index contributed by atoms with van der Waals surface area (Å²) in [6.45, 7) is 1.34. The van der Waals surface area contributed by atoms with E-state index in [0.29, 0.717) is 35.4 Å². The fourth-order valence-electron chi connectivity index (χ4n) is 5.19. The first-order chi connectivity index (χ1) is 18.3. The van der Waals surface area contributed by atoms with Crippen LogP contribution in [0.5, 0.6) is 5.75 Å². The molecule has 0 spiro atoms. The van der Waals surface area contributed by atoms with Gasteiger partial charge in [0, 0.05) is 36.7 Å². The molecule has 0 bridgehead atoms. The van der Waals surface area contributed by atoms with Crippen LogP contribution >= 0.6 is 0 Å². The zero-order chi connectivity index (χ0) is 26.7. The van der Waals surface area contributed by atoms with Gasteiger partial charge in [-0.05, 0) is 55.0 Å². The highest BCUT2D eigenvalue weighted by Crippen LogP contribution is 2.47. The molecule has 2 aliphatic rings. The normalized spacial score (nSPS) is 22.6. The molecule has 1 aliphatic heterocycles. The minimum atomic E-state index is -3.51. The highest BCUT2D eigenvalue weighted by molar-refractivity contribution is 7.92. The third-order valence-corrected chi connectivity index (χ3v) is 8.80. The number of carbonyl (C=O) groups excluding carboxylic acids is 1. The van der Waals surface area contributed by atoms with Crippen molar-refractivity contribution in [2.24, 2.45) is 5.92 Å². The van der Waals surface area contributed by atoms with Crippen LogP contribution in [0.2, 0.25) is 0 Å². The summed E-state index contributed by atoms with van der Waals surface area (Å²) in [7, 11) is -2.02. The van der Waals surface area contributed by atoms with Gasteiger partial charge in [-0.3, -0.25) is 9.10 Å². The SMILES string of the molecule is CN(c1cc(OCC2CC2c2ccccc2)cc(C(=O)N[C@@H]2CCN[C@H]2Cc2ccccc2)c1)S(C)(=O)=O. The van der Waals surface area contributed by atoms with Gasteiger partial charge < -0.3 is 15.4 Å². The van der Waals surface area contributed by atoms with Gasteiger partial charge in [-0.2, -0.15) is 0 Å². The van der Waals surface area contributed by atoms with E-state index in [1.807, 2.05) is 36.4 Å². The maximum absolute atomic E-state index is 13.4. The van der Waals surface area contributed by atoms with E-state index < -0.39 is 10.0 Å². The first-order valence-electron chi connectivity index (χ1n) is 13.1. The summed E-state index contributed by atoms with van der Waals surface area (Å²) in [5.74, 6) is 1.12. The average molecular weight is 534 g/mol. The molecule has 1 heterocycles. The van der Waals surface area contributed by atoms with Gasteiger partial charge in [-0.1, -0.05) is 60.7 Å². The van der Waals surface area contributed by atoms with Crippen LogP contribution in [-0.4, -0.2) is 52.9 Å². The number of hydrogen-bond acceptors (Lipinski definition) is 5. The van der Waals surface area contributed by atoms with Gasteiger partial charge in [0.1, 0.15) is 5.75 Å². The van der Waals surface area contributed by atoms with Crippen molar-refractivity contribution in [3.8, 4) is 5.75 Å². The molecule has 3 aromatic rings. The van der Waals surface area contributed by atoms with E-state index in [0.717, 1.165) is 32.1 Å². The van der Waals surface area contributed by atoms with Gasteiger partial charge in [-0.25, -0.2) is 8.42 Å². The predicted octanol–water partition coefficient (Wildman–Crippen LogP) is 3.97. The van der Waals surface area contributed by atoms with Gasteiger partial charge in [0.2, 0.25) is 10.0 Å². The van der Waals surface area contributed by atoms with E-state index in [2.05, 4.69) is 34.9 Å². The second kappa shape index (κ2) is 11.2. The third kappa shape index (κ3) is 6.37. The molecule has 0 radical (unpaired) electrons. The van der Waals surface area contributed by atoms with Crippen LogP contribution in [0.25, 0.3) is 0 Å². The lowest BCUT2D eigenvalue weighted by Crippen LogP contribution is -2.44. The molecular weight excluding hydrogens is 498 g/mol. The number of ether oxygens (including phenoxy) is 1. The Kier molecular flexibility index (Phi) is 7.72. The zero-order valence-electron chi connectivity index (χ0n) is 21.8. The van der Waals surface area contributed by atoms with Crippen LogP contribution in [0.3, 0.4) is 0 Å². The fraction of sp³-hybridized carbons (Fsp3) is 0.367. The number of carbonyl (C=O) groups is 1. The van der Waals surface area contributed by atoms with Crippen molar-refractivity contribution in [2.75, 3.05) is 30.8 Å². The average Bonchev–Trinajstić information content (AvgIpc) is 3.58. The summed E-state index contributed by atoms with van der Waals surface area (Å²) >= 11 is 0. The maximum atomic E-state index is 13.4. The Balaban J connectivity index is 1.30. The predicted molar refractivity (Wildman–Crippen MR) is 150 cm³/mol. The van der Waals surface area contributed by atoms with E-state index >= 15 is 0 Å². The number of nitrogens with zero attached hydrogens (tertiary/aromatic N) is 1. The van der Waals surface area contributed by atoms with Crippen LogP contribution < -0.4 is 19.7 Å². The quantitative estimate of drug-likeness (QED) is 0.412. The topological polar surface area (TPSA) is 87.7 Å². The molecule has 3 aromatic carbocycles. The van der Waals surface area contributed by atoms with Gasteiger partial charge >= 0.3 is 0 Å². The molecule has 2 unspecified atom stereocenters. The molecule has 1 saturated heterocycles. The van der Waals surface area contributed by atoms with Crippen molar-refractivity contribution in [1.82, 2.24) is 10.6 Å². The van der Waals surface area contributed by atoms with Crippen molar-refractivity contribution >= 4 is 21.6 Å². The van der Waals surface area contributed by atoms with Crippen molar-refractivity contribution < 1.29 is 17.9 Å². The van der Waals surface area contributed by atoms with E-state index in [1.165, 1.54) is 22.5 Å². The second-order valence-electron chi connectivity index (χ2n) is 10.4. The molecule has 38 heavy (non-hydrogen) atoms. The first-order valence-corrected chi connectivity index (χ1v) is 15.0. The number of sulfonamides is 1. The van der Waals surface area contributed by atoms with Crippen molar-refractivity contribution in [2.45, 2.75) is 37.3 Å². The molecule has 4 atom stereocenters. The Morgan fingerprint density at radius 2 is 1.76 bits per heavy atom. The van der Waals surface area contributed by atoms with E-state index in [9.17, 15) is 13.2 Å². The summed E-state index contributed by atoms with van der Waals surface area (Å²) in [5.41, 5.74) is 3.30. The summed E-state index contributed by atoms with van der Waals surface area (Å²) < 4.78 is 31.9. The summed E-state index contributed by atoms with van der Waals surface area (Å²) in [6.07, 6.45) is 3.85. The third-order valence-electron chi connectivity index (χ3n) is 7.59. The summed E-state index contributed by atoms with van der Waals surface area (Å²) in [6, 6.07) is 25.7. The Bertz CT molecular complexity index is 1360. The number of hydrogen-bond donors (Lipinski definition) is 2. The summed E-state index contributed by atoms with van der Waals surface area (Å²) in [5, 5.41) is 6.68. The summed E-state index contributed by atoms with van der Waals surface area (Å²) in [4.78, 5) is 13.4. The smallest absolute Gasteiger partial charge is 0.251 e. The van der Waals surface area contributed by atoms with E-state index in [4.69, 9.17) is 4.74 Å². The lowest BCUT2D eigenvalue weighted by Gasteiger charge is -2.22. The van der Waals surface area contributed by atoms with E-state index in [1.54, 1.807) is 18.2 Å². The number of amides is 1. The number of rotatable bonds is 10. The van der Waals surface area contributed by atoms with Gasteiger partial charge in [0.25, 0.3) is 5.91 Å². The molecule has 8 heteroatoms. The number of anilines is 1. The monoisotopic (exact) mass is 533 g/mol. The molecule has 200 valence electrons. The second-order valence-corrected chi connectivity index (χ2v) is 12.4. The minimum absolute atomic E-state index is 0.0264.